The zero-order chi connectivity index (χ0) is 29.3. The molecular formula is C31H35N3O7. The highest BCUT2D eigenvalue weighted by atomic mass is 16.5. The molecule has 6 rings (SSSR count). The van der Waals surface area contributed by atoms with E-state index < -0.39 is 23.0 Å². The van der Waals surface area contributed by atoms with E-state index >= 15 is 0 Å². The maximum atomic E-state index is 13.5. The molecule has 2 aromatic carbocycles. The first-order valence-corrected chi connectivity index (χ1v) is 13.9. The summed E-state index contributed by atoms with van der Waals surface area (Å²) in [5, 5.41) is 47.2. The molecule has 4 N–H and O–H groups in total. The predicted octanol–water partition coefficient (Wildman–Crippen LogP) is 3.54. The van der Waals surface area contributed by atoms with Crippen molar-refractivity contribution in [3.05, 3.63) is 52.3 Å². The first kappa shape index (κ1) is 27.2. The van der Waals surface area contributed by atoms with Crippen LogP contribution in [0.15, 0.2) is 35.6 Å². The summed E-state index contributed by atoms with van der Waals surface area (Å²) in [4.78, 5) is 15.8. The van der Waals surface area contributed by atoms with Crippen LogP contribution in [0.2, 0.25) is 0 Å². The van der Waals surface area contributed by atoms with Crippen molar-refractivity contribution in [1.82, 2.24) is 4.90 Å². The molecule has 4 aliphatic rings. The van der Waals surface area contributed by atoms with Crippen LogP contribution in [0.25, 0.3) is 0 Å². The Kier molecular flexibility index (Phi) is 6.36. The number of piperidine rings is 1. The number of carbonyl (C=O) groups is 1. The van der Waals surface area contributed by atoms with Crippen LogP contribution in [0.4, 0.5) is 5.69 Å². The van der Waals surface area contributed by atoms with Crippen molar-refractivity contribution in [2.24, 2.45) is 5.92 Å². The molecule has 1 spiro atoms. The number of carbonyl (C=O) groups excluding carboxylic acids is 1. The number of anilines is 1. The molecule has 10 nitrogen and oxygen atoms in total. The van der Waals surface area contributed by atoms with Gasteiger partial charge in [-0.3, -0.25) is 9.69 Å². The lowest BCUT2D eigenvalue weighted by molar-refractivity contribution is -0.153. The van der Waals surface area contributed by atoms with Crippen molar-refractivity contribution in [2.75, 3.05) is 32.6 Å². The lowest BCUT2D eigenvalue weighted by Crippen LogP contribution is -2.73. The molecule has 2 aromatic rings. The number of amides is 1. The van der Waals surface area contributed by atoms with E-state index in [1.165, 1.54) is 46.1 Å². The molecule has 41 heavy (non-hydrogen) atoms. The summed E-state index contributed by atoms with van der Waals surface area (Å²) in [5.74, 6) is 0.496. The van der Waals surface area contributed by atoms with Gasteiger partial charge in [-0.25, -0.2) is 0 Å². The summed E-state index contributed by atoms with van der Waals surface area (Å²) in [7, 11) is 2.90. The zero-order valence-electron chi connectivity index (χ0n) is 23.7. The third kappa shape index (κ3) is 3.94. The Morgan fingerprint density at radius 2 is 1.95 bits per heavy atom. The molecule has 0 radical (unpaired) electrons. The third-order valence-corrected chi connectivity index (χ3v) is 9.61. The van der Waals surface area contributed by atoms with Gasteiger partial charge in [0.25, 0.3) is 5.91 Å². The summed E-state index contributed by atoms with van der Waals surface area (Å²) >= 11 is 0. The zero-order valence-corrected chi connectivity index (χ0v) is 23.7. The van der Waals surface area contributed by atoms with Crippen molar-refractivity contribution < 1.29 is 34.3 Å². The van der Waals surface area contributed by atoms with Gasteiger partial charge in [-0.1, -0.05) is 6.07 Å². The van der Waals surface area contributed by atoms with Crippen molar-refractivity contribution in [1.29, 1.82) is 5.26 Å². The number of likely N-dealkylation sites (tertiary alicyclic amines) is 1. The van der Waals surface area contributed by atoms with Crippen molar-refractivity contribution >= 4 is 11.6 Å². The van der Waals surface area contributed by atoms with Crippen LogP contribution in [0.1, 0.15) is 49.8 Å². The lowest BCUT2D eigenvalue weighted by atomic mass is 9.53. The lowest BCUT2D eigenvalue weighted by Gasteiger charge is -2.59. The molecule has 2 bridgehead atoms. The Bertz CT molecular complexity index is 1510. The average Bonchev–Trinajstić information content (AvgIpc) is 3.70. The third-order valence-electron chi connectivity index (χ3n) is 9.61. The van der Waals surface area contributed by atoms with E-state index in [2.05, 4.69) is 10.2 Å². The Morgan fingerprint density at radius 1 is 1.24 bits per heavy atom. The molecule has 0 unspecified atom stereocenters. The average molecular weight is 562 g/mol. The van der Waals surface area contributed by atoms with E-state index in [1.807, 2.05) is 12.1 Å². The minimum atomic E-state index is -1.32. The van der Waals surface area contributed by atoms with Gasteiger partial charge in [0.2, 0.25) is 0 Å². The number of fused-ring (bicyclic) bond motifs is 1. The molecule has 216 valence electrons. The fourth-order valence-electron chi connectivity index (χ4n) is 7.18. The van der Waals surface area contributed by atoms with E-state index in [9.17, 15) is 25.4 Å². The maximum Gasteiger partial charge on any atom is 0.254 e. The topological polar surface area (TPSA) is 145 Å². The van der Waals surface area contributed by atoms with Gasteiger partial charge in [-0.15, -0.1) is 0 Å². The second-order valence-electron chi connectivity index (χ2n) is 11.8. The number of phenols is 1. The Hall–Kier alpha value is -3.94. The van der Waals surface area contributed by atoms with Gasteiger partial charge >= 0.3 is 0 Å². The smallest absolute Gasteiger partial charge is 0.254 e. The second-order valence-corrected chi connectivity index (χ2v) is 11.8. The number of ether oxygens (including phenoxy) is 3. The van der Waals surface area contributed by atoms with E-state index in [0.29, 0.717) is 42.4 Å². The van der Waals surface area contributed by atoms with E-state index in [4.69, 9.17) is 14.2 Å². The van der Waals surface area contributed by atoms with Crippen molar-refractivity contribution in [3.63, 3.8) is 0 Å². The number of aliphatic hydroxyl groups excluding tert-OH is 1. The largest absolute Gasteiger partial charge is 0.508 e. The van der Waals surface area contributed by atoms with Crippen LogP contribution in [-0.4, -0.2) is 71.2 Å². The highest BCUT2D eigenvalue weighted by molar-refractivity contribution is 6.04. The van der Waals surface area contributed by atoms with Gasteiger partial charge in [0, 0.05) is 30.3 Å². The van der Waals surface area contributed by atoms with E-state index in [0.717, 1.165) is 12.1 Å². The molecule has 0 aromatic heterocycles. The highest BCUT2D eigenvalue weighted by Crippen LogP contribution is 2.63. The number of nitriles is 1. The van der Waals surface area contributed by atoms with Gasteiger partial charge < -0.3 is 34.8 Å². The summed E-state index contributed by atoms with van der Waals surface area (Å²) in [6.07, 6.45) is 2.37. The SMILES string of the molecule is COc1cc(C#N)c(NC(=O)/C(C)=C(\O)[C@@H]2Oc3c(O)ccc4c3[C@@]23CCN(CC2CC2)[C@H](C4)[C@@]3(C)O)cc1OC. The predicted molar refractivity (Wildman–Crippen MR) is 149 cm³/mol. The van der Waals surface area contributed by atoms with Crippen LogP contribution in [0, 0.1) is 17.2 Å². The molecular weight excluding hydrogens is 526 g/mol. The summed E-state index contributed by atoms with van der Waals surface area (Å²) in [5.41, 5.74) is -0.408. The molecule has 1 saturated carbocycles. The first-order chi connectivity index (χ1) is 19.6. The first-order valence-electron chi connectivity index (χ1n) is 13.9. The number of hydrogen-bond acceptors (Lipinski definition) is 9. The molecule has 2 aliphatic carbocycles. The monoisotopic (exact) mass is 561 g/mol. The molecule has 2 aliphatic heterocycles. The Morgan fingerprint density at radius 3 is 2.61 bits per heavy atom. The number of methoxy groups -OCH3 is 2. The number of hydrogen-bond donors (Lipinski definition) is 4. The fourth-order valence-corrected chi connectivity index (χ4v) is 7.18. The second kappa shape index (κ2) is 9.57. The van der Waals surface area contributed by atoms with Gasteiger partial charge in [-0.2, -0.15) is 5.26 Å². The number of benzene rings is 2. The van der Waals surface area contributed by atoms with Crippen LogP contribution >= 0.6 is 0 Å². The highest BCUT2D eigenvalue weighted by Gasteiger charge is 2.69. The van der Waals surface area contributed by atoms with Gasteiger partial charge in [0.15, 0.2) is 29.1 Å². The number of rotatable bonds is 7. The van der Waals surface area contributed by atoms with Gasteiger partial charge in [0.1, 0.15) is 11.8 Å². The molecule has 1 saturated heterocycles. The van der Waals surface area contributed by atoms with Crippen LogP contribution < -0.4 is 19.5 Å². The molecule has 2 fully saturated rings. The number of phenolic OH excluding ortho intramolecular Hbond substituents is 1. The maximum absolute atomic E-state index is 13.5. The molecule has 1 amide bonds. The number of aromatic hydroxyl groups is 1. The minimum absolute atomic E-state index is 0.0322. The molecule has 10 heteroatoms. The normalized spacial score (nSPS) is 28.6. The number of nitrogens with zero attached hydrogens (tertiary/aromatic N) is 2. The molecule has 2 heterocycles. The van der Waals surface area contributed by atoms with Crippen molar-refractivity contribution in [3.8, 4) is 29.1 Å². The van der Waals surface area contributed by atoms with Crippen LogP contribution in [-0.2, 0) is 16.6 Å². The quantitative estimate of drug-likeness (QED) is 0.295. The minimum Gasteiger partial charge on any atom is -0.508 e. The van der Waals surface area contributed by atoms with E-state index in [-0.39, 0.29) is 40.1 Å². The van der Waals surface area contributed by atoms with Crippen LogP contribution in [0.5, 0.6) is 23.0 Å². The number of aliphatic hydroxyl groups is 2. The van der Waals surface area contributed by atoms with E-state index in [1.54, 1.807) is 13.0 Å². The summed E-state index contributed by atoms with van der Waals surface area (Å²) in [6, 6.07) is 8.24. The van der Waals surface area contributed by atoms with Crippen molar-refractivity contribution in [2.45, 2.75) is 62.7 Å². The molecule has 4 atom stereocenters. The Labute approximate surface area is 238 Å². The Balaban J connectivity index is 1.40. The van der Waals surface area contributed by atoms with Crippen LogP contribution in [0.3, 0.4) is 0 Å². The van der Waals surface area contributed by atoms with Gasteiger partial charge in [0.05, 0.1) is 42.1 Å². The van der Waals surface area contributed by atoms with Gasteiger partial charge in [-0.05, 0) is 63.6 Å². The fraction of sp³-hybridized carbons (Fsp3) is 0.484. The summed E-state index contributed by atoms with van der Waals surface area (Å²) in [6.45, 7) is 4.87. The number of nitrogens with one attached hydrogen (secondary N) is 1. The summed E-state index contributed by atoms with van der Waals surface area (Å²) < 4.78 is 16.9. The standard InChI is InChI=1S/C31H35N3O7/c1-16(29(37)33-20-13-23(40-4)22(39-3)11-19(20)14-32)26(36)28-31-9-10-34(15-17-5-6-17)24(30(31,2)38)12-18-7-8-21(35)27(41-28)25(18)31/h7-8,11,13,17,24,28,35-36,38H,5-6,9-10,12,15H2,1-4H3,(H,33,37)/b26-16-/t24-,28+,30-,31+/m1/s1.